The second-order valence-electron chi connectivity index (χ2n) is 4.27. The van der Waals surface area contributed by atoms with Gasteiger partial charge in [-0.15, -0.1) is 11.3 Å². The van der Waals surface area contributed by atoms with Gasteiger partial charge >= 0.3 is 0 Å². The van der Waals surface area contributed by atoms with Crippen molar-refractivity contribution >= 4 is 35.3 Å². The molecule has 0 saturated carbocycles. The number of H-pyrrole nitrogens is 1. The van der Waals surface area contributed by atoms with Gasteiger partial charge in [0.1, 0.15) is 0 Å². The van der Waals surface area contributed by atoms with Crippen molar-refractivity contribution in [3.8, 4) is 5.88 Å². The Hall–Kier alpha value is -2.06. The zero-order valence-corrected chi connectivity index (χ0v) is 12.4. The molecule has 0 aliphatic heterocycles. The molecule has 1 aliphatic rings. The summed E-state index contributed by atoms with van der Waals surface area (Å²) in [7, 11) is 3.62. The molecule has 0 saturated heterocycles. The molecule has 1 heterocycles. The minimum absolute atomic E-state index is 0.0186. The van der Waals surface area contributed by atoms with E-state index in [9.17, 15) is 15.5 Å². The highest BCUT2D eigenvalue weighted by Gasteiger charge is 2.17. The molecule has 8 heteroatoms. The molecule has 0 aromatic carbocycles. The molecule has 0 radical (unpaired) electrons. The third-order valence-electron chi connectivity index (χ3n) is 2.67. The summed E-state index contributed by atoms with van der Waals surface area (Å²) in [6.07, 6.45) is 6.47. The van der Waals surface area contributed by atoms with E-state index >= 15 is 0 Å². The van der Waals surface area contributed by atoms with Crippen molar-refractivity contribution in [2.24, 2.45) is 0 Å². The molecule has 0 amide bonds. The highest BCUT2D eigenvalue weighted by molar-refractivity contribution is 7.73. The number of likely N-dealkylation sites (N-methyl/N-ethyl adjacent to an activating group) is 1. The van der Waals surface area contributed by atoms with Crippen LogP contribution in [0, 0.1) is 14.4 Å². The lowest BCUT2D eigenvalue weighted by Gasteiger charge is -2.19. The predicted octanol–water partition coefficient (Wildman–Crippen LogP) is 2.36. The molecule has 2 rings (SSSR count). The third kappa shape index (κ3) is 2.91. The molecule has 0 unspecified atom stereocenters. The third-order valence-corrected chi connectivity index (χ3v) is 3.84. The van der Waals surface area contributed by atoms with Gasteiger partial charge in [0.15, 0.2) is 3.95 Å². The maximum Gasteiger partial charge on any atom is 0.232 e. The van der Waals surface area contributed by atoms with Crippen LogP contribution in [0.4, 0.5) is 0 Å². The summed E-state index contributed by atoms with van der Waals surface area (Å²) in [5, 5.41) is 32.0. The molecular formula is C12H12N3O3S2-. The zero-order valence-electron chi connectivity index (χ0n) is 10.8. The van der Waals surface area contributed by atoms with E-state index in [1.807, 2.05) is 14.1 Å². The van der Waals surface area contributed by atoms with E-state index in [0.29, 0.717) is 14.4 Å². The quantitative estimate of drug-likeness (QED) is 0.497. The number of nitrogens with one attached hydrogen (secondary N) is 1. The number of hydrogen-bond acceptors (Lipinski definition) is 6. The molecule has 2 N–H and O–H groups in total. The molecule has 20 heavy (non-hydrogen) atoms. The van der Waals surface area contributed by atoms with E-state index in [4.69, 9.17) is 12.2 Å². The van der Waals surface area contributed by atoms with Crippen molar-refractivity contribution < 1.29 is 10.0 Å². The summed E-state index contributed by atoms with van der Waals surface area (Å²) in [6, 6.07) is 0. The van der Waals surface area contributed by atoms with Crippen LogP contribution in [0.15, 0.2) is 29.5 Å². The fourth-order valence-corrected chi connectivity index (χ4v) is 2.71. The Labute approximate surface area is 124 Å². The topological polar surface area (TPSA) is 88.4 Å². The normalized spacial score (nSPS) is 16.4. The van der Waals surface area contributed by atoms with Gasteiger partial charge < -0.3 is 25.4 Å². The fourth-order valence-electron chi connectivity index (χ4n) is 1.66. The van der Waals surface area contributed by atoms with Crippen LogP contribution in [0.25, 0.3) is 6.08 Å². The maximum absolute atomic E-state index is 11.2. The second kappa shape index (κ2) is 5.51. The van der Waals surface area contributed by atoms with Gasteiger partial charge in [-0.1, -0.05) is 0 Å². The van der Waals surface area contributed by atoms with E-state index in [-0.39, 0.29) is 11.6 Å². The Balaban J connectivity index is 2.49. The first kappa shape index (κ1) is 14.4. The summed E-state index contributed by atoms with van der Waals surface area (Å²) in [4.78, 5) is 4.40. The summed E-state index contributed by atoms with van der Waals surface area (Å²) in [5.41, 5.74) is 1.14. The van der Waals surface area contributed by atoms with Crippen LogP contribution in [-0.2, 0) is 0 Å². The Morgan fingerprint density at radius 2 is 2.10 bits per heavy atom. The molecule has 6 nitrogen and oxygen atoms in total. The molecule has 1 aromatic heterocycles. The molecule has 0 atom stereocenters. The number of thiazole rings is 1. The number of nitrogens with zero attached hydrogens (tertiary/aromatic N) is 2. The van der Waals surface area contributed by atoms with Gasteiger partial charge in [0.05, 0.1) is 10.5 Å². The summed E-state index contributed by atoms with van der Waals surface area (Å²) < 4.78 is 0.418. The average molecular weight is 310 g/mol. The van der Waals surface area contributed by atoms with Crippen molar-refractivity contribution in [1.82, 2.24) is 9.88 Å². The van der Waals surface area contributed by atoms with Crippen LogP contribution in [0.2, 0.25) is 0 Å². The van der Waals surface area contributed by atoms with E-state index in [1.54, 1.807) is 23.1 Å². The van der Waals surface area contributed by atoms with Gasteiger partial charge in [0.25, 0.3) is 0 Å². The Bertz CT molecular complexity index is 704. The lowest BCUT2D eigenvalue weighted by atomic mass is 10.0. The Morgan fingerprint density at radius 3 is 2.60 bits per heavy atom. The lowest BCUT2D eigenvalue weighted by Crippen LogP contribution is -2.18. The van der Waals surface area contributed by atoms with E-state index in [2.05, 4.69) is 4.98 Å². The standard InChI is InChI=1S/C12H12N3O3S2/c1-14(2)8-4-3-7(9(6-8)15(17)18)5-10-11(16)13-12(19)20-10/h3-6H,1-2H3,(H2-,13,16,17,18,19)/q-1. The van der Waals surface area contributed by atoms with Crippen molar-refractivity contribution in [3.05, 3.63) is 48.7 Å². The largest absolute Gasteiger partial charge is 0.612 e. The van der Waals surface area contributed by atoms with E-state index < -0.39 is 4.90 Å². The van der Waals surface area contributed by atoms with Crippen LogP contribution in [0.5, 0.6) is 5.88 Å². The Kier molecular flexibility index (Phi) is 3.96. The fraction of sp³-hybridized carbons (Fsp3) is 0.167. The lowest BCUT2D eigenvalue weighted by molar-refractivity contribution is -0.377. The number of aromatic amines is 1. The summed E-state index contributed by atoms with van der Waals surface area (Å²) >= 11 is 6.08. The molecule has 106 valence electrons. The van der Waals surface area contributed by atoms with Crippen molar-refractivity contribution in [3.63, 3.8) is 0 Å². The van der Waals surface area contributed by atoms with Crippen molar-refractivity contribution in [2.45, 2.75) is 0 Å². The van der Waals surface area contributed by atoms with Gasteiger partial charge in [-0.05, 0) is 30.4 Å². The van der Waals surface area contributed by atoms with E-state index in [1.165, 1.54) is 6.08 Å². The zero-order chi connectivity index (χ0) is 14.9. The SMILES string of the molecule is CN(C)C1=CC(=[N+]([O-])[O-])C(=Cc2sc(=S)[nH]c2O)C=C1. The van der Waals surface area contributed by atoms with Crippen molar-refractivity contribution in [1.29, 1.82) is 0 Å². The molecule has 0 fully saturated rings. The van der Waals surface area contributed by atoms with Crippen LogP contribution < -0.4 is 0 Å². The van der Waals surface area contributed by atoms with Gasteiger partial charge in [-0.3, -0.25) is 0 Å². The molecule has 0 spiro atoms. The van der Waals surface area contributed by atoms with Gasteiger partial charge in [0.2, 0.25) is 11.6 Å². The first-order valence-corrected chi connectivity index (χ1v) is 6.83. The highest BCUT2D eigenvalue weighted by Crippen LogP contribution is 2.26. The first-order chi connectivity index (χ1) is 9.38. The van der Waals surface area contributed by atoms with Gasteiger partial charge in [-0.25, -0.2) is 0 Å². The van der Waals surface area contributed by atoms with E-state index in [0.717, 1.165) is 17.0 Å². The van der Waals surface area contributed by atoms with Crippen LogP contribution >= 0.6 is 23.6 Å². The Morgan fingerprint density at radius 1 is 1.40 bits per heavy atom. The maximum atomic E-state index is 11.2. The van der Waals surface area contributed by atoms with Crippen LogP contribution in [-0.4, -0.2) is 39.7 Å². The monoisotopic (exact) mass is 310 g/mol. The number of allylic oxidation sites excluding steroid dienone is 4. The van der Waals surface area contributed by atoms with Crippen LogP contribution in [0.1, 0.15) is 4.88 Å². The first-order valence-electron chi connectivity index (χ1n) is 5.61. The van der Waals surface area contributed by atoms with Gasteiger partial charge in [0, 0.05) is 25.9 Å². The predicted molar refractivity (Wildman–Crippen MR) is 82.1 cm³/mol. The number of aromatic nitrogens is 1. The minimum Gasteiger partial charge on any atom is -0.612 e. The molecular weight excluding hydrogens is 298 g/mol. The smallest absolute Gasteiger partial charge is 0.232 e. The minimum atomic E-state index is -0.443. The summed E-state index contributed by atoms with van der Waals surface area (Å²) in [6.45, 7) is 0. The van der Waals surface area contributed by atoms with Crippen LogP contribution in [0.3, 0.4) is 0 Å². The van der Waals surface area contributed by atoms with Gasteiger partial charge in [-0.2, -0.15) is 4.90 Å². The van der Waals surface area contributed by atoms with Crippen molar-refractivity contribution in [2.75, 3.05) is 14.1 Å². The number of aromatic hydroxyl groups is 1. The number of hydrogen-bond donors (Lipinski definition) is 2. The molecule has 1 aromatic rings. The average Bonchev–Trinajstić information content (AvgIpc) is 2.67. The second-order valence-corrected chi connectivity index (χ2v) is 5.99. The molecule has 0 bridgehead atoms. The summed E-state index contributed by atoms with van der Waals surface area (Å²) in [5.74, 6) is -0.0778. The number of rotatable bonds is 2. The highest BCUT2D eigenvalue weighted by atomic mass is 32.1. The molecule has 1 aliphatic carbocycles.